The van der Waals surface area contributed by atoms with Crippen LogP contribution in [-0.4, -0.2) is 16.7 Å². The van der Waals surface area contributed by atoms with Crippen LogP contribution in [-0.2, 0) is 16.1 Å². The summed E-state index contributed by atoms with van der Waals surface area (Å²) < 4.78 is 43.1. The number of thioether (sulfide) groups is 1. The summed E-state index contributed by atoms with van der Waals surface area (Å²) in [5.41, 5.74) is -5.19. The van der Waals surface area contributed by atoms with Gasteiger partial charge in [-0.15, -0.1) is 0 Å². The first kappa shape index (κ1) is 16.4. The third kappa shape index (κ3) is 5.36. The normalized spacial score (nSPS) is 17.9. The van der Waals surface area contributed by atoms with Gasteiger partial charge in [0.05, 0.1) is 6.61 Å². The SMILES string of the molecule is O=C(C1CCCC1)[C@H](OCc1ccccc1)SC(F)(F)F. The summed E-state index contributed by atoms with van der Waals surface area (Å²) >= 11 is -0.356. The van der Waals surface area contributed by atoms with Crippen LogP contribution in [0.5, 0.6) is 0 Å². The van der Waals surface area contributed by atoms with E-state index < -0.39 is 16.7 Å². The molecule has 0 aromatic heterocycles. The fraction of sp³-hybridized carbons (Fsp3) is 0.533. The highest BCUT2D eigenvalue weighted by Gasteiger charge is 2.40. The van der Waals surface area contributed by atoms with E-state index in [1.54, 1.807) is 24.3 Å². The Hall–Kier alpha value is -1.01. The van der Waals surface area contributed by atoms with Gasteiger partial charge in [-0.1, -0.05) is 43.2 Å². The molecular formula is C15H17F3O2S. The van der Waals surface area contributed by atoms with Crippen molar-refractivity contribution in [3.05, 3.63) is 35.9 Å². The molecular weight excluding hydrogens is 301 g/mol. The standard InChI is InChI=1S/C15H17F3O2S/c16-15(17,18)21-14(13(19)12-8-4-5-9-12)20-10-11-6-2-1-3-7-11/h1-3,6-7,12,14H,4-5,8-10H2/t14-/m1/s1. The number of alkyl halides is 3. The lowest BCUT2D eigenvalue weighted by Gasteiger charge is -2.20. The van der Waals surface area contributed by atoms with Crippen molar-refractivity contribution in [2.75, 3.05) is 0 Å². The Bertz CT molecular complexity index is 456. The van der Waals surface area contributed by atoms with Crippen LogP contribution in [0.4, 0.5) is 13.2 Å². The first-order valence-corrected chi connectivity index (χ1v) is 7.77. The van der Waals surface area contributed by atoms with E-state index in [4.69, 9.17) is 4.74 Å². The van der Waals surface area contributed by atoms with Gasteiger partial charge in [0.2, 0.25) is 0 Å². The molecule has 0 aliphatic heterocycles. The molecule has 1 saturated carbocycles. The molecule has 0 spiro atoms. The van der Waals surface area contributed by atoms with E-state index in [-0.39, 0.29) is 24.3 Å². The summed E-state index contributed by atoms with van der Waals surface area (Å²) in [6.45, 7) is 0.00699. The fourth-order valence-corrected chi connectivity index (χ4v) is 3.13. The Balaban J connectivity index is 1.99. The van der Waals surface area contributed by atoms with E-state index in [1.807, 2.05) is 6.07 Å². The topological polar surface area (TPSA) is 26.3 Å². The molecule has 0 radical (unpaired) electrons. The number of benzene rings is 1. The number of rotatable bonds is 6. The van der Waals surface area contributed by atoms with Gasteiger partial charge in [-0.05, 0) is 30.2 Å². The van der Waals surface area contributed by atoms with Crippen LogP contribution in [0, 0.1) is 5.92 Å². The number of hydrogen-bond acceptors (Lipinski definition) is 3. The smallest absolute Gasteiger partial charge is 0.355 e. The number of ketones is 1. The number of halogens is 3. The van der Waals surface area contributed by atoms with Crippen molar-refractivity contribution in [1.29, 1.82) is 0 Å². The predicted molar refractivity (Wildman–Crippen MR) is 75.6 cm³/mol. The summed E-state index contributed by atoms with van der Waals surface area (Å²) in [7, 11) is 0. The van der Waals surface area contributed by atoms with Crippen LogP contribution < -0.4 is 0 Å². The molecule has 1 aliphatic carbocycles. The van der Waals surface area contributed by atoms with Crippen molar-refractivity contribution in [3.8, 4) is 0 Å². The molecule has 1 aliphatic rings. The van der Waals surface area contributed by atoms with Crippen molar-refractivity contribution in [2.24, 2.45) is 5.92 Å². The molecule has 0 saturated heterocycles. The molecule has 2 rings (SSSR count). The zero-order valence-electron chi connectivity index (χ0n) is 11.4. The van der Waals surface area contributed by atoms with Gasteiger partial charge >= 0.3 is 5.51 Å². The van der Waals surface area contributed by atoms with Crippen molar-refractivity contribution < 1.29 is 22.7 Å². The van der Waals surface area contributed by atoms with Gasteiger partial charge in [-0.3, -0.25) is 4.79 Å². The highest BCUT2D eigenvalue weighted by Crippen LogP contribution is 2.38. The molecule has 1 atom stereocenters. The second-order valence-corrected chi connectivity index (χ2v) is 6.20. The summed E-state index contributed by atoms with van der Waals surface area (Å²) in [4.78, 5) is 12.2. The first-order valence-electron chi connectivity index (χ1n) is 6.89. The maximum Gasteiger partial charge on any atom is 0.444 e. The zero-order chi connectivity index (χ0) is 15.3. The number of ether oxygens (including phenoxy) is 1. The predicted octanol–water partition coefficient (Wildman–Crippen LogP) is 4.54. The molecule has 1 aromatic carbocycles. The molecule has 1 fully saturated rings. The van der Waals surface area contributed by atoms with Crippen LogP contribution in [0.1, 0.15) is 31.2 Å². The molecule has 0 amide bonds. The van der Waals surface area contributed by atoms with Gasteiger partial charge < -0.3 is 4.74 Å². The lowest BCUT2D eigenvalue weighted by Crippen LogP contribution is -2.29. The number of Topliss-reactive ketones (excluding diaryl/α,β-unsaturated/α-hetero) is 1. The Morgan fingerprint density at radius 1 is 1.24 bits per heavy atom. The van der Waals surface area contributed by atoms with Crippen LogP contribution >= 0.6 is 11.8 Å². The number of hydrogen-bond donors (Lipinski definition) is 0. The van der Waals surface area contributed by atoms with Gasteiger partial charge in [0.15, 0.2) is 11.2 Å². The zero-order valence-corrected chi connectivity index (χ0v) is 12.3. The number of carbonyl (C=O) groups excluding carboxylic acids is 1. The monoisotopic (exact) mass is 318 g/mol. The van der Waals surface area contributed by atoms with E-state index in [9.17, 15) is 18.0 Å². The Morgan fingerprint density at radius 3 is 2.43 bits per heavy atom. The van der Waals surface area contributed by atoms with E-state index in [0.717, 1.165) is 18.4 Å². The molecule has 0 unspecified atom stereocenters. The van der Waals surface area contributed by atoms with Crippen LogP contribution in [0.25, 0.3) is 0 Å². The van der Waals surface area contributed by atoms with Crippen LogP contribution in [0.2, 0.25) is 0 Å². The largest absolute Gasteiger partial charge is 0.444 e. The van der Waals surface area contributed by atoms with Gasteiger partial charge in [-0.2, -0.15) is 13.2 Å². The van der Waals surface area contributed by atoms with Gasteiger partial charge in [0, 0.05) is 5.92 Å². The Morgan fingerprint density at radius 2 is 1.86 bits per heavy atom. The van der Waals surface area contributed by atoms with Gasteiger partial charge in [0.25, 0.3) is 0 Å². The molecule has 6 heteroatoms. The lowest BCUT2D eigenvalue weighted by molar-refractivity contribution is -0.130. The molecule has 0 N–H and O–H groups in total. The Labute approximate surface area is 126 Å². The minimum atomic E-state index is -4.48. The first-order chi connectivity index (χ1) is 9.96. The van der Waals surface area contributed by atoms with Gasteiger partial charge in [-0.25, -0.2) is 0 Å². The minimum absolute atomic E-state index is 0.00699. The molecule has 2 nitrogen and oxygen atoms in total. The van der Waals surface area contributed by atoms with Crippen molar-refractivity contribution >= 4 is 17.5 Å². The molecule has 0 heterocycles. The highest BCUT2D eigenvalue weighted by atomic mass is 32.2. The molecule has 21 heavy (non-hydrogen) atoms. The van der Waals surface area contributed by atoms with E-state index in [2.05, 4.69) is 0 Å². The fourth-order valence-electron chi connectivity index (χ4n) is 2.44. The van der Waals surface area contributed by atoms with Crippen LogP contribution in [0.3, 0.4) is 0 Å². The second-order valence-electron chi connectivity index (χ2n) is 5.08. The third-order valence-corrected chi connectivity index (χ3v) is 4.32. The summed E-state index contributed by atoms with van der Waals surface area (Å²) in [5, 5.41) is 0. The molecule has 1 aromatic rings. The summed E-state index contributed by atoms with van der Waals surface area (Å²) in [6.07, 6.45) is 3.14. The lowest BCUT2D eigenvalue weighted by atomic mass is 10.0. The molecule has 116 valence electrons. The molecule has 0 bridgehead atoms. The quantitative estimate of drug-likeness (QED) is 0.720. The Kier molecular flexibility index (Phi) is 5.70. The second kappa shape index (κ2) is 7.31. The maximum atomic E-state index is 12.6. The maximum absolute atomic E-state index is 12.6. The summed E-state index contributed by atoms with van der Waals surface area (Å²) in [6, 6.07) is 8.90. The number of carbonyl (C=O) groups is 1. The van der Waals surface area contributed by atoms with E-state index in [0.29, 0.717) is 12.8 Å². The van der Waals surface area contributed by atoms with Crippen molar-refractivity contribution in [3.63, 3.8) is 0 Å². The highest BCUT2D eigenvalue weighted by molar-refractivity contribution is 8.01. The van der Waals surface area contributed by atoms with Crippen LogP contribution in [0.15, 0.2) is 30.3 Å². The third-order valence-electron chi connectivity index (χ3n) is 3.47. The average molecular weight is 318 g/mol. The average Bonchev–Trinajstić information content (AvgIpc) is 2.96. The summed E-state index contributed by atoms with van der Waals surface area (Å²) in [5.74, 6) is -0.716. The minimum Gasteiger partial charge on any atom is -0.355 e. The van der Waals surface area contributed by atoms with Crippen molar-refractivity contribution in [2.45, 2.75) is 43.2 Å². The van der Waals surface area contributed by atoms with Gasteiger partial charge in [0.1, 0.15) is 0 Å². The van der Waals surface area contributed by atoms with Crippen molar-refractivity contribution in [1.82, 2.24) is 0 Å². The van der Waals surface area contributed by atoms with E-state index in [1.165, 1.54) is 0 Å². The van der Waals surface area contributed by atoms with E-state index >= 15 is 0 Å².